The Labute approximate surface area is 189 Å². The molecule has 2 aromatic carbocycles. The molecule has 4 rings (SSSR count). The van der Waals surface area contributed by atoms with Gasteiger partial charge in [-0.3, -0.25) is 14.6 Å². The fraction of sp³-hybridized carbons (Fsp3) is 0.423. The number of piperazine rings is 1. The van der Waals surface area contributed by atoms with Gasteiger partial charge in [0.2, 0.25) is 5.91 Å². The molecule has 32 heavy (non-hydrogen) atoms. The molecule has 6 heteroatoms. The van der Waals surface area contributed by atoms with E-state index in [-0.39, 0.29) is 12.5 Å². The number of halogens is 2. The van der Waals surface area contributed by atoms with E-state index in [1.165, 1.54) is 17.7 Å². The standard InChI is InChI=1S/C26H31F2N3O/c27-23-9-8-22(25(28)19-23)20-31-14-12-24(10-11-26(31)32)30-17-15-29(16-18-30)13-4-7-21-5-2-1-3-6-21/h1-9,19,24H,10-18,20H2/b7-4+/t24-/m0/s1. The summed E-state index contributed by atoms with van der Waals surface area (Å²) < 4.78 is 27.2. The summed E-state index contributed by atoms with van der Waals surface area (Å²) in [4.78, 5) is 19.3. The van der Waals surface area contributed by atoms with E-state index in [4.69, 9.17) is 0 Å². The first-order valence-corrected chi connectivity index (χ1v) is 11.5. The fourth-order valence-corrected chi connectivity index (χ4v) is 4.62. The summed E-state index contributed by atoms with van der Waals surface area (Å²) in [6.45, 7) is 5.82. The highest BCUT2D eigenvalue weighted by molar-refractivity contribution is 5.76. The van der Waals surface area contributed by atoms with Crippen molar-refractivity contribution in [3.05, 3.63) is 77.4 Å². The lowest BCUT2D eigenvalue weighted by Gasteiger charge is -2.38. The lowest BCUT2D eigenvalue weighted by atomic mass is 10.1. The molecular formula is C26H31F2N3O. The van der Waals surface area contributed by atoms with Crippen molar-refractivity contribution in [1.82, 2.24) is 14.7 Å². The van der Waals surface area contributed by atoms with Gasteiger partial charge in [-0.05, 0) is 24.5 Å². The number of likely N-dealkylation sites (tertiary alicyclic amines) is 1. The van der Waals surface area contributed by atoms with E-state index in [1.807, 2.05) is 18.2 Å². The van der Waals surface area contributed by atoms with Gasteiger partial charge in [0.1, 0.15) is 11.6 Å². The summed E-state index contributed by atoms with van der Waals surface area (Å²) in [5.41, 5.74) is 1.59. The van der Waals surface area contributed by atoms with Crippen LogP contribution in [0.15, 0.2) is 54.6 Å². The molecule has 0 unspecified atom stereocenters. The summed E-state index contributed by atoms with van der Waals surface area (Å²) in [7, 11) is 0. The zero-order valence-electron chi connectivity index (χ0n) is 18.4. The maximum Gasteiger partial charge on any atom is 0.222 e. The summed E-state index contributed by atoms with van der Waals surface area (Å²) in [5.74, 6) is -1.12. The molecule has 4 nitrogen and oxygen atoms in total. The number of rotatable bonds is 6. The lowest BCUT2D eigenvalue weighted by Crippen LogP contribution is -2.50. The first kappa shape index (κ1) is 22.6. The number of benzene rings is 2. The molecule has 0 spiro atoms. The predicted molar refractivity (Wildman–Crippen MR) is 123 cm³/mol. The molecule has 2 aliphatic heterocycles. The smallest absolute Gasteiger partial charge is 0.222 e. The summed E-state index contributed by atoms with van der Waals surface area (Å²) in [5, 5.41) is 0. The van der Waals surface area contributed by atoms with Crippen molar-refractivity contribution in [3.63, 3.8) is 0 Å². The third kappa shape index (κ3) is 6.02. The van der Waals surface area contributed by atoms with Crippen LogP contribution in [0.25, 0.3) is 6.08 Å². The second-order valence-electron chi connectivity index (χ2n) is 8.68. The Bertz CT molecular complexity index is 926. The van der Waals surface area contributed by atoms with Gasteiger partial charge in [-0.2, -0.15) is 0 Å². The molecule has 2 aliphatic rings. The molecule has 2 saturated heterocycles. The number of nitrogens with zero attached hydrogens (tertiary/aromatic N) is 3. The Morgan fingerprint density at radius 2 is 1.72 bits per heavy atom. The Hall–Kier alpha value is -2.57. The van der Waals surface area contributed by atoms with Crippen molar-refractivity contribution >= 4 is 12.0 Å². The second-order valence-corrected chi connectivity index (χ2v) is 8.68. The number of hydrogen-bond donors (Lipinski definition) is 0. The summed E-state index contributed by atoms with van der Waals surface area (Å²) >= 11 is 0. The molecule has 0 aliphatic carbocycles. The van der Waals surface area contributed by atoms with Crippen molar-refractivity contribution in [1.29, 1.82) is 0 Å². The van der Waals surface area contributed by atoms with Crippen LogP contribution in [0.4, 0.5) is 8.78 Å². The molecule has 1 amide bonds. The molecule has 0 N–H and O–H groups in total. The Balaban J connectivity index is 1.25. The van der Waals surface area contributed by atoms with Crippen LogP contribution in [0.5, 0.6) is 0 Å². The van der Waals surface area contributed by atoms with E-state index < -0.39 is 11.6 Å². The fourth-order valence-electron chi connectivity index (χ4n) is 4.62. The highest BCUT2D eigenvalue weighted by Gasteiger charge is 2.28. The molecule has 2 heterocycles. The van der Waals surface area contributed by atoms with Gasteiger partial charge in [0.25, 0.3) is 0 Å². The van der Waals surface area contributed by atoms with Crippen LogP contribution in [-0.2, 0) is 11.3 Å². The highest BCUT2D eigenvalue weighted by atomic mass is 19.1. The Morgan fingerprint density at radius 3 is 2.47 bits per heavy atom. The summed E-state index contributed by atoms with van der Waals surface area (Å²) in [6, 6.07) is 14.3. The molecular weight excluding hydrogens is 408 g/mol. The van der Waals surface area contributed by atoms with Crippen molar-refractivity contribution in [2.75, 3.05) is 39.3 Å². The number of hydrogen-bond acceptors (Lipinski definition) is 3. The second kappa shape index (κ2) is 10.8. The minimum atomic E-state index is -0.594. The molecule has 0 bridgehead atoms. The van der Waals surface area contributed by atoms with Gasteiger partial charge in [0.05, 0.1) is 0 Å². The van der Waals surface area contributed by atoms with Gasteiger partial charge in [-0.1, -0.05) is 48.6 Å². The van der Waals surface area contributed by atoms with Gasteiger partial charge in [-0.15, -0.1) is 0 Å². The highest BCUT2D eigenvalue weighted by Crippen LogP contribution is 2.22. The van der Waals surface area contributed by atoms with Crippen LogP contribution in [-0.4, -0.2) is 65.9 Å². The first-order chi connectivity index (χ1) is 15.6. The molecule has 170 valence electrons. The van der Waals surface area contributed by atoms with Crippen molar-refractivity contribution < 1.29 is 13.6 Å². The maximum atomic E-state index is 14.0. The average molecular weight is 440 g/mol. The Kier molecular flexibility index (Phi) is 7.66. The monoisotopic (exact) mass is 439 g/mol. The van der Waals surface area contributed by atoms with Crippen molar-refractivity contribution in [2.45, 2.75) is 31.8 Å². The number of carbonyl (C=O) groups excluding carboxylic acids is 1. The summed E-state index contributed by atoms with van der Waals surface area (Å²) in [6.07, 6.45) is 6.61. The molecule has 2 aromatic rings. The van der Waals surface area contributed by atoms with Crippen LogP contribution in [0.2, 0.25) is 0 Å². The molecule has 2 fully saturated rings. The number of carbonyl (C=O) groups is 1. The van der Waals surface area contributed by atoms with E-state index in [9.17, 15) is 13.6 Å². The quantitative estimate of drug-likeness (QED) is 0.676. The van der Waals surface area contributed by atoms with Gasteiger partial charge in [-0.25, -0.2) is 8.78 Å². The third-order valence-electron chi connectivity index (χ3n) is 6.55. The minimum Gasteiger partial charge on any atom is -0.338 e. The zero-order valence-corrected chi connectivity index (χ0v) is 18.4. The topological polar surface area (TPSA) is 26.8 Å². The van der Waals surface area contributed by atoms with E-state index >= 15 is 0 Å². The van der Waals surface area contributed by atoms with Crippen molar-refractivity contribution in [2.24, 2.45) is 0 Å². The average Bonchev–Trinajstić information content (AvgIpc) is 2.98. The van der Waals surface area contributed by atoms with Crippen LogP contribution < -0.4 is 0 Å². The largest absolute Gasteiger partial charge is 0.338 e. The third-order valence-corrected chi connectivity index (χ3v) is 6.55. The van der Waals surface area contributed by atoms with E-state index in [1.54, 1.807) is 4.90 Å². The molecule has 1 atom stereocenters. The van der Waals surface area contributed by atoms with Crippen LogP contribution in [0, 0.1) is 11.6 Å². The van der Waals surface area contributed by atoms with Gasteiger partial charge in [0, 0.05) is 69.9 Å². The first-order valence-electron chi connectivity index (χ1n) is 11.5. The van der Waals surface area contributed by atoms with Gasteiger partial charge < -0.3 is 4.90 Å². The Morgan fingerprint density at radius 1 is 0.938 bits per heavy atom. The van der Waals surface area contributed by atoms with E-state index in [0.717, 1.165) is 51.6 Å². The van der Waals surface area contributed by atoms with E-state index in [0.29, 0.717) is 24.6 Å². The number of amides is 1. The van der Waals surface area contributed by atoms with E-state index in [2.05, 4.69) is 34.1 Å². The van der Waals surface area contributed by atoms with Gasteiger partial charge in [0.15, 0.2) is 0 Å². The van der Waals surface area contributed by atoms with Crippen LogP contribution >= 0.6 is 0 Å². The lowest BCUT2D eigenvalue weighted by molar-refractivity contribution is -0.131. The molecule has 0 radical (unpaired) electrons. The van der Waals surface area contributed by atoms with Gasteiger partial charge >= 0.3 is 0 Å². The maximum absolute atomic E-state index is 14.0. The predicted octanol–water partition coefficient (Wildman–Crippen LogP) is 4.18. The van der Waals surface area contributed by atoms with Crippen molar-refractivity contribution in [3.8, 4) is 0 Å². The van der Waals surface area contributed by atoms with Crippen LogP contribution in [0.1, 0.15) is 30.4 Å². The SMILES string of the molecule is O=C1CC[C@H](N2CCN(C/C=C/c3ccccc3)CC2)CCN1Cc1ccc(F)cc1F. The minimum absolute atomic E-state index is 0.0564. The molecule has 0 saturated carbocycles. The normalized spacial score (nSPS) is 21.2. The van der Waals surface area contributed by atoms with Crippen LogP contribution in [0.3, 0.4) is 0 Å². The molecule has 0 aromatic heterocycles. The zero-order chi connectivity index (χ0) is 22.3.